The van der Waals surface area contributed by atoms with Crippen LogP contribution in [0.5, 0.6) is 0 Å². The summed E-state index contributed by atoms with van der Waals surface area (Å²) in [6, 6.07) is 6.80. The predicted molar refractivity (Wildman–Crippen MR) is 66.3 cm³/mol. The topological polar surface area (TPSA) is 38.0 Å². The van der Waals surface area contributed by atoms with Gasteiger partial charge in [-0.1, -0.05) is 28.1 Å². The standard InChI is InChI=1S/C12H15BrN2/c13-12(7-1-2-7)8-3-4-11-9(5-8)10(14)6-15-11/h3-5,7,10,12,15H,1-2,6,14H2/t10-,12+/m1/s1. The molecule has 0 bridgehead atoms. The van der Waals surface area contributed by atoms with Gasteiger partial charge in [-0.3, -0.25) is 0 Å². The fourth-order valence-electron chi connectivity index (χ4n) is 2.21. The highest BCUT2D eigenvalue weighted by molar-refractivity contribution is 9.09. The van der Waals surface area contributed by atoms with E-state index in [1.807, 2.05) is 0 Å². The van der Waals surface area contributed by atoms with Gasteiger partial charge in [0.15, 0.2) is 0 Å². The van der Waals surface area contributed by atoms with E-state index in [1.165, 1.54) is 29.7 Å². The molecule has 2 atom stereocenters. The normalized spacial score (nSPS) is 25.9. The number of hydrogen-bond donors (Lipinski definition) is 2. The van der Waals surface area contributed by atoms with Gasteiger partial charge in [-0.05, 0) is 36.0 Å². The van der Waals surface area contributed by atoms with Crippen LogP contribution < -0.4 is 11.1 Å². The zero-order valence-electron chi connectivity index (χ0n) is 8.54. The highest BCUT2D eigenvalue weighted by Crippen LogP contribution is 2.47. The third-order valence-electron chi connectivity index (χ3n) is 3.34. The van der Waals surface area contributed by atoms with Crippen LogP contribution in [-0.2, 0) is 0 Å². The maximum Gasteiger partial charge on any atom is 0.0491 e. The second-order valence-corrected chi connectivity index (χ2v) is 5.56. The summed E-state index contributed by atoms with van der Waals surface area (Å²) in [5.74, 6) is 0.841. The maximum absolute atomic E-state index is 6.03. The van der Waals surface area contributed by atoms with Crippen molar-refractivity contribution in [1.82, 2.24) is 0 Å². The van der Waals surface area contributed by atoms with Crippen LogP contribution in [0.1, 0.15) is 34.8 Å². The van der Waals surface area contributed by atoms with E-state index in [0.717, 1.165) is 12.5 Å². The first-order valence-corrected chi connectivity index (χ1v) is 6.44. The predicted octanol–water partition coefficient (Wildman–Crippen LogP) is 2.96. The monoisotopic (exact) mass is 266 g/mol. The molecule has 3 heteroatoms. The number of fused-ring (bicyclic) bond motifs is 1. The first kappa shape index (κ1) is 9.67. The van der Waals surface area contributed by atoms with Gasteiger partial charge in [0.25, 0.3) is 0 Å². The van der Waals surface area contributed by atoms with Gasteiger partial charge in [0.05, 0.1) is 0 Å². The summed E-state index contributed by atoms with van der Waals surface area (Å²) in [7, 11) is 0. The van der Waals surface area contributed by atoms with E-state index in [-0.39, 0.29) is 6.04 Å². The number of anilines is 1. The molecule has 80 valence electrons. The van der Waals surface area contributed by atoms with Crippen LogP contribution in [0.2, 0.25) is 0 Å². The molecule has 0 radical (unpaired) electrons. The molecule has 1 saturated carbocycles. The smallest absolute Gasteiger partial charge is 0.0491 e. The molecule has 1 aliphatic heterocycles. The van der Waals surface area contributed by atoms with E-state index < -0.39 is 0 Å². The molecule has 3 N–H and O–H groups in total. The van der Waals surface area contributed by atoms with Crippen LogP contribution in [0, 0.1) is 5.92 Å². The van der Waals surface area contributed by atoms with Crippen molar-refractivity contribution >= 4 is 21.6 Å². The van der Waals surface area contributed by atoms with Crippen molar-refractivity contribution in [3.8, 4) is 0 Å². The van der Waals surface area contributed by atoms with Gasteiger partial charge in [0.2, 0.25) is 0 Å². The van der Waals surface area contributed by atoms with Crippen molar-refractivity contribution in [2.45, 2.75) is 23.7 Å². The molecule has 0 spiro atoms. The Kier molecular flexibility index (Phi) is 2.25. The first-order chi connectivity index (χ1) is 7.25. The summed E-state index contributed by atoms with van der Waals surface area (Å²) in [5.41, 5.74) is 9.90. The van der Waals surface area contributed by atoms with Crippen LogP contribution in [0.25, 0.3) is 0 Å². The van der Waals surface area contributed by atoms with Crippen molar-refractivity contribution in [3.05, 3.63) is 29.3 Å². The molecule has 1 aliphatic carbocycles. The minimum atomic E-state index is 0.166. The number of nitrogens with one attached hydrogen (secondary N) is 1. The molecule has 1 fully saturated rings. The van der Waals surface area contributed by atoms with Gasteiger partial charge in [0.1, 0.15) is 0 Å². The van der Waals surface area contributed by atoms with Gasteiger partial charge in [-0.2, -0.15) is 0 Å². The largest absolute Gasteiger partial charge is 0.383 e. The molecule has 0 aromatic heterocycles. The third kappa shape index (κ3) is 1.68. The van der Waals surface area contributed by atoms with Crippen molar-refractivity contribution < 1.29 is 0 Å². The van der Waals surface area contributed by atoms with Gasteiger partial charge in [0, 0.05) is 23.1 Å². The minimum Gasteiger partial charge on any atom is -0.383 e. The molecule has 0 unspecified atom stereocenters. The van der Waals surface area contributed by atoms with Gasteiger partial charge in [-0.15, -0.1) is 0 Å². The van der Waals surface area contributed by atoms with Gasteiger partial charge < -0.3 is 11.1 Å². The summed E-state index contributed by atoms with van der Waals surface area (Å²) in [5, 5.41) is 3.32. The second-order valence-electron chi connectivity index (χ2n) is 4.57. The van der Waals surface area contributed by atoms with Gasteiger partial charge in [-0.25, -0.2) is 0 Å². The molecule has 0 amide bonds. The Balaban J connectivity index is 1.93. The molecule has 1 heterocycles. The number of rotatable bonds is 2. The first-order valence-electron chi connectivity index (χ1n) is 5.53. The number of hydrogen-bond acceptors (Lipinski definition) is 2. The van der Waals surface area contributed by atoms with Crippen molar-refractivity contribution in [2.75, 3.05) is 11.9 Å². The molecule has 15 heavy (non-hydrogen) atoms. The SMILES string of the molecule is N[C@@H]1CNc2ccc([C@@H](Br)C3CC3)cc21. The van der Waals surface area contributed by atoms with E-state index in [9.17, 15) is 0 Å². The summed E-state index contributed by atoms with van der Waals surface area (Å²) in [6.07, 6.45) is 2.72. The Morgan fingerprint density at radius 2 is 2.20 bits per heavy atom. The van der Waals surface area contributed by atoms with Crippen LogP contribution in [-0.4, -0.2) is 6.54 Å². The van der Waals surface area contributed by atoms with Crippen molar-refractivity contribution in [2.24, 2.45) is 11.7 Å². The Hall–Kier alpha value is -0.540. The summed E-state index contributed by atoms with van der Waals surface area (Å²) in [6.45, 7) is 0.870. The van der Waals surface area contributed by atoms with Crippen LogP contribution in [0.15, 0.2) is 18.2 Å². The number of nitrogens with two attached hydrogens (primary N) is 1. The van der Waals surface area contributed by atoms with Crippen molar-refractivity contribution in [1.29, 1.82) is 0 Å². The second kappa shape index (κ2) is 3.49. The fourth-order valence-corrected chi connectivity index (χ4v) is 3.02. The lowest BCUT2D eigenvalue weighted by atomic mass is 10.0. The molecule has 0 saturated heterocycles. The average Bonchev–Trinajstić information content (AvgIpc) is 3.04. The molecule has 1 aromatic rings. The molecular weight excluding hydrogens is 252 g/mol. The average molecular weight is 267 g/mol. The fraction of sp³-hybridized carbons (Fsp3) is 0.500. The highest BCUT2D eigenvalue weighted by atomic mass is 79.9. The Bertz CT molecular complexity index is 387. The van der Waals surface area contributed by atoms with E-state index in [4.69, 9.17) is 5.73 Å². The number of benzene rings is 1. The zero-order valence-corrected chi connectivity index (χ0v) is 10.1. The van der Waals surface area contributed by atoms with E-state index in [1.54, 1.807) is 0 Å². The van der Waals surface area contributed by atoms with Gasteiger partial charge >= 0.3 is 0 Å². The lowest BCUT2D eigenvalue weighted by Gasteiger charge is -2.11. The Morgan fingerprint density at radius 1 is 1.40 bits per heavy atom. The molecule has 3 rings (SSSR count). The van der Waals surface area contributed by atoms with Crippen molar-refractivity contribution in [3.63, 3.8) is 0 Å². The molecule has 2 aliphatic rings. The summed E-state index contributed by atoms with van der Waals surface area (Å²) in [4.78, 5) is 0.524. The number of alkyl halides is 1. The van der Waals surface area contributed by atoms with E-state index in [0.29, 0.717) is 4.83 Å². The maximum atomic E-state index is 6.03. The lowest BCUT2D eigenvalue weighted by Crippen LogP contribution is -2.11. The zero-order chi connectivity index (χ0) is 10.4. The lowest BCUT2D eigenvalue weighted by molar-refractivity contribution is 0.794. The quantitative estimate of drug-likeness (QED) is 0.808. The van der Waals surface area contributed by atoms with Crippen LogP contribution >= 0.6 is 15.9 Å². The minimum absolute atomic E-state index is 0.166. The van der Waals surface area contributed by atoms with Crippen LogP contribution in [0.3, 0.4) is 0 Å². The Labute approximate surface area is 98.4 Å². The van der Waals surface area contributed by atoms with E-state index >= 15 is 0 Å². The molecule has 2 nitrogen and oxygen atoms in total. The Morgan fingerprint density at radius 3 is 2.93 bits per heavy atom. The summed E-state index contributed by atoms with van der Waals surface area (Å²) < 4.78 is 0. The van der Waals surface area contributed by atoms with E-state index in [2.05, 4.69) is 39.4 Å². The molecular formula is C12H15BrN2. The summed E-state index contributed by atoms with van der Waals surface area (Å²) >= 11 is 3.78. The third-order valence-corrected chi connectivity index (χ3v) is 4.62. The number of halogens is 1. The molecule has 1 aromatic carbocycles. The van der Waals surface area contributed by atoms with Crippen LogP contribution in [0.4, 0.5) is 5.69 Å². The highest BCUT2D eigenvalue weighted by Gasteiger charge is 2.31.